The summed E-state index contributed by atoms with van der Waals surface area (Å²) in [6, 6.07) is 12.3. The third-order valence-electron chi connectivity index (χ3n) is 4.14. The molecule has 2 aromatic rings. The zero-order valence-corrected chi connectivity index (χ0v) is 13.9. The Kier molecular flexibility index (Phi) is 4.00. The van der Waals surface area contributed by atoms with Gasteiger partial charge in [-0.2, -0.15) is 0 Å². The van der Waals surface area contributed by atoms with Crippen molar-refractivity contribution in [3.8, 4) is 0 Å². The Bertz CT molecular complexity index is 686. The predicted molar refractivity (Wildman–Crippen MR) is 89.6 cm³/mol. The van der Waals surface area contributed by atoms with Crippen LogP contribution in [0, 0.1) is 0 Å². The number of hydrogen-bond acceptors (Lipinski definition) is 2. The molecule has 0 bridgehead atoms. The van der Waals surface area contributed by atoms with E-state index in [0.29, 0.717) is 0 Å². The second-order valence-electron chi connectivity index (χ2n) is 5.82. The minimum Gasteiger partial charge on any atom is -0.333 e. The molecule has 4 heteroatoms. The average Bonchev–Trinajstić information content (AvgIpc) is 2.46. The van der Waals surface area contributed by atoms with Gasteiger partial charge < -0.3 is 9.80 Å². The van der Waals surface area contributed by atoms with Crippen molar-refractivity contribution in [2.24, 2.45) is 0 Å². The van der Waals surface area contributed by atoms with Crippen molar-refractivity contribution in [1.29, 1.82) is 0 Å². The number of piperazine rings is 1. The molecule has 0 N–H and O–H groups in total. The molecule has 3 rings (SSSR count). The lowest BCUT2D eigenvalue weighted by molar-refractivity contribution is 0.0533. The highest BCUT2D eigenvalue weighted by Crippen LogP contribution is 2.22. The summed E-state index contributed by atoms with van der Waals surface area (Å²) in [5.74, 6) is 0.139. The molecule has 1 unspecified atom stereocenters. The third kappa shape index (κ3) is 2.97. The van der Waals surface area contributed by atoms with Crippen LogP contribution in [0.3, 0.4) is 0 Å². The number of amides is 1. The van der Waals surface area contributed by atoms with Gasteiger partial charge >= 0.3 is 0 Å². The summed E-state index contributed by atoms with van der Waals surface area (Å²) in [5.41, 5.74) is 0.779. The fourth-order valence-electron chi connectivity index (χ4n) is 2.96. The molecule has 1 heterocycles. The van der Waals surface area contributed by atoms with Gasteiger partial charge in [0.15, 0.2) is 0 Å². The van der Waals surface area contributed by atoms with Crippen LogP contribution in [0.1, 0.15) is 17.3 Å². The molecule has 3 nitrogen and oxygen atoms in total. The Labute approximate surface area is 133 Å². The van der Waals surface area contributed by atoms with Crippen LogP contribution in [0.5, 0.6) is 0 Å². The van der Waals surface area contributed by atoms with Gasteiger partial charge in [-0.25, -0.2) is 0 Å². The quantitative estimate of drug-likeness (QED) is 0.790. The molecule has 0 radical (unpaired) electrons. The fourth-order valence-corrected chi connectivity index (χ4v) is 3.34. The lowest BCUT2D eigenvalue weighted by Crippen LogP contribution is -2.52. The van der Waals surface area contributed by atoms with Crippen LogP contribution in [-0.2, 0) is 0 Å². The van der Waals surface area contributed by atoms with Crippen molar-refractivity contribution in [2.75, 3.05) is 26.7 Å². The van der Waals surface area contributed by atoms with E-state index in [9.17, 15) is 4.79 Å². The summed E-state index contributed by atoms with van der Waals surface area (Å²) in [5, 5.41) is 2.25. The van der Waals surface area contributed by atoms with E-state index in [1.165, 1.54) is 0 Å². The van der Waals surface area contributed by atoms with E-state index in [0.717, 1.165) is 40.4 Å². The Morgan fingerprint density at radius 2 is 1.86 bits per heavy atom. The topological polar surface area (TPSA) is 23.6 Å². The number of carbonyl (C=O) groups is 1. The lowest BCUT2D eigenvalue weighted by Gasteiger charge is -2.38. The Morgan fingerprint density at radius 1 is 1.14 bits per heavy atom. The highest BCUT2D eigenvalue weighted by molar-refractivity contribution is 9.10. The van der Waals surface area contributed by atoms with Crippen molar-refractivity contribution < 1.29 is 4.79 Å². The minimum atomic E-state index is 0.139. The summed E-state index contributed by atoms with van der Waals surface area (Å²) < 4.78 is 1.06. The highest BCUT2D eigenvalue weighted by atomic mass is 79.9. The standard InChI is InChI=1S/C17H19BrN2O/c1-12-11-19(2)7-8-20(12)17(21)15-4-3-14-10-16(18)6-5-13(14)9-15/h3-6,9-10,12H,7-8,11H2,1-2H3. The van der Waals surface area contributed by atoms with Crippen LogP contribution in [0.4, 0.5) is 0 Å². The van der Waals surface area contributed by atoms with Gasteiger partial charge in [-0.05, 0) is 49.0 Å². The second kappa shape index (κ2) is 5.78. The zero-order chi connectivity index (χ0) is 15.0. The molecule has 2 aromatic carbocycles. The maximum Gasteiger partial charge on any atom is 0.254 e. The van der Waals surface area contributed by atoms with Gasteiger partial charge in [0.1, 0.15) is 0 Å². The van der Waals surface area contributed by atoms with Gasteiger partial charge in [-0.3, -0.25) is 4.79 Å². The SMILES string of the molecule is CC1CN(C)CCN1C(=O)c1ccc2cc(Br)ccc2c1. The molecule has 1 saturated heterocycles. The van der Waals surface area contributed by atoms with Crippen molar-refractivity contribution in [3.05, 3.63) is 46.4 Å². The van der Waals surface area contributed by atoms with E-state index in [-0.39, 0.29) is 11.9 Å². The summed E-state index contributed by atoms with van der Waals surface area (Å²) in [4.78, 5) is 17.0. The number of benzene rings is 2. The molecular weight excluding hydrogens is 328 g/mol. The predicted octanol–water partition coefficient (Wildman–Crippen LogP) is 3.38. The van der Waals surface area contributed by atoms with Gasteiger partial charge in [0.2, 0.25) is 0 Å². The molecule has 0 aromatic heterocycles. The summed E-state index contributed by atoms with van der Waals surface area (Å²) in [6.07, 6.45) is 0. The van der Waals surface area contributed by atoms with E-state index in [2.05, 4.69) is 40.9 Å². The number of halogens is 1. The monoisotopic (exact) mass is 346 g/mol. The third-order valence-corrected chi connectivity index (χ3v) is 4.63. The number of carbonyl (C=O) groups excluding carboxylic acids is 1. The van der Waals surface area contributed by atoms with Crippen LogP contribution >= 0.6 is 15.9 Å². The summed E-state index contributed by atoms with van der Waals surface area (Å²) >= 11 is 3.48. The zero-order valence-electron chi connectivity index (χ0n) is 12.3. The number of fused-ring (bicyclic) bond motifs is 1. The van der Waals surface area contributed by atoms with E-state index in [1.807, 2.05) is 35.2 Å². The number of hydrogen-bond donors (Lipinski definition) is 0. The number of rotatable bonds is 1. The van der Waals surface area contributed by atoms with E-state index in [1.54, 1.807) is 0 Å². The maximum absolute atomic E-state index is 12.7. The van der Waals surface area contributed by atoms with Gasteiger partial charge in [-0.1, -0.05) is 28.1 Å². The molecule has 1 aliphatic rings. The Morgan fingerprint density at radius 3 is 2.62 bits per heavy atom. The van der Waals surface area contributed by atoms with E-state index in [4.69, 9.17) is 0 Å². The second-order valence-corrected chi connectivity index (χ2v) is 6.73. The highest BCUT2D eigenvalue weighted by Gasteiger charge is 2.26. The molecule has 110 valence electrons. The molecule has 1 amide bonds. The first-order valence-electron chi connectivity index (χ1n) is 7.23. The Balaban J connectivity index is 1.89. The molecule has 21 heavy (non-hydrogen) atoms. The average molecular weight is 347 g/mol. The van der Waals surface area contributed by atoms with E-state index >= 15 is 0 Å². The smallest absolute Gasteiger partial charge is 0.254 e. The maximum atomic E-state index is 12.7. The van der Waals surface area contributed by atoms with Crippen LogP contribution in [0.25, 0.3) is 10.8 Å². The Hall–Kier alpha value is -1.39. The van der Waals surface area contributed by atoms with Crippen molar-refractivity contribution in [2.45, 2.75) is 13.0 Å². The van der Waals surface area contributed by atoms with Crippen LogP contribution in [0.15, 0.2) is 40.9 Å². The van der Waals surface area contributed by atoms with Crippen LogP contribution in [-0.4, -0.2) is 48.4 Å². The van der Waals surface area contributed by atoms with Crippen molar-refractivity contribution in [3.63, 3.8) is 0 Å². The molecule has 0 aliphatic carbocycles. The molecular formula is C17H19BrN2O. The van der Waals surface area contributed by atoms with Gasteiger partial charge in [0.25, 0.3) is 5.91 Å². The molecule has 1 fully saturated rings. The molecule has 1 aliphatic heterocycles. The lowest BCUT2D eigenvalue weighted by atomic mass is 10.0. The fraction of sp³-hybridized carbons (Fsp3) is 0.353. The van der Waals surface area contributed by atoms with Crippen molar-refractivity contribution in [1.82, 2.24) is 9.80 Å². The van der Waals surface area contributed by atoms with E-state index < -0.39 is 0 Å². The van der Waals surface area contributed by atoms with Gasteiger partial charge in [0.05, 0.1) is 0 Å². The largest absolute Gasteiger partial charge is 0.333 e. The number of likely N-dealkylation sites (N-methyl/N-ethyl adjacent to an activating group) is 1. The number of nitrogens with zero attached hydrogens (tertiary/aromatic N) is 2. The van der Waals surface area contributed by atoms with Gasteiger partial charge in [0, 0.05) is 35.7 Å². The van der Waals surface area contributed by atoms with Gasteiger partial charge in [-0.15, -0.1) is 0 Å². The summed E-state index contributed by atoms with van der Waals surface area (Å²) in [7, 11) is 2.10. The first-order chi connectivity index (χ1) is 10.0. The molecule has 0 saturated carbocycles. The molecule has 0 spiro atoms. The normalized spacial score (nSPS) is 20.0. The first-order valence-corrected chi connectivity index (χ1v) is 8.03. The molecule has 1 atom stereocenters. The van der Waals surface area contributed by atoms with Crippen molar-refractivity contribution >= 4 is 32.6 Å². The minimum absolute atomic E-state index is 0.139. The first kappa shape index (κ1) is 14.5. The van der Waals surface area contributed by atoms with Crippen LogP contribution in [0.2, 0.25) is 0 Å². The summed E-state index contributed by atoms with van der Waals surface area (Å²) in [6.45, 7) is 4.80. The van der Waals surface area contributed by atoms with Crippen LogP contribution < -0.4 is 0 Å².